The zero-order valence-electron chi connectivity index (χ0n) is 18.8. The summed E-state index contributed by atoms with van der Waals surface area (Å²) in [5.41, 5.74) is 4.40. The number of rotatable bonds is 7. The van der Waals surface area contributed by atoms with Crippen LogP contribution < -0.4 is 14.8 Å². The van der Waals surface area contributed by atoms with Crippen molar-refractivity contribution in [1.29, 1.82) is 0 Å². The van der Waals surface area contributed by atoms with Crippen molar-refractivity contribution in [1.82, 2.24) is 10.2 Å². The van der Waals surface area contributed by atoms with Gasteiger partial charge in [-0.25, -0.2) is 0 Å². The van der Waals surface area contributed by atoms with Gasteiger partial charge in [-0.2, -0.15) is 0 Å². The van der Waals surface area contributed by atoms with Gasteiger partial charge in [-0.1, -0.05) is 18.2 Å². The molecule has 0 unspecified atom stereocenters. The smallest absolute Gasteiger partial charge is 0.261 e. The summed E-state index contributed by atoms with van der Waals surface area (Å²) in [5, 5.41) is 2.96. The van der Waals surface area contributed by atoms with E-state index in [-0.39, 0.29) is 5.91 Å². The number of benzene rings is 2. The van der Waals surface area contributed by atoms with Crippen molar-refractivity contribution in [3.05, 3.63) is 58.7 Å². The maximum absolute atomic E-state index is 12.5. The molecule has 5 nitrogen and oxygen atoms in total. The Morgan fingerprint density at radius 1 is 1.13 bits per heavy atom. The monoisotopic (exact) mass is 410 g/mol. The largest absolute Gasteiger partial charge is 0.490 e. The molecule has 2 aromatic rings. The molecule has 1 aliphatic rings. The zero-order valence-corrected chi connectivity index (χ0v) is 18.8. The fourth-order valence-electron chi connectivity index (χ4n) is 3.68. The van der Waals surface area contributed by atoms with Crippen LogP contribution in [0.25, 0.3) is 0 Å². The van der Waals surface area contributed by atoms with E-state index < -0.39 is 6.10 Å². The second-order valence-corrected chi connectivity index (χ2v) is 8.45. The minimum absolute atomic E-state index is 0.125. The van der Waals surface area contributed by atoms with Gasteiger partial charge in [0.2, 0.25) is 0 Å². The minimum Gasteiger partial charge on any atom is -0.490 e. The van der Waals surface area contributed by atoms with E-state index in [0.29, 0.717) is 12.6 Å². The molecule has 1 atom stereocenters. The molecule has 0 aromatic heterocycles. The molecule has 2 aromatic carbocycles. The summed E-state index contributed by atoms with van der Waals surface area (Å²) in [6.07, 6.45) is 1.86. The van der Waals surface area contributed by atoms with Crippen molar-refractivity contribution in [2.24, 2.45) is 0 Å². The number of amides is 1. The molecular weight excluding hydrogens is 376 g/mol. The summed E-state index contributed by atoms with van der Waals surface area (Å²) in [6.45, 7) is 10.5. The number of aryl methyl sites for hydroxylation is 2. The normalized spacial score (nSPS) is 16.2. The number of hydrogen-bond donors (Lipinski definition) is 1. The second-order valence-electron chi connectivity index (χ2n) is 8.45. The lowest BCUT2D eigenvalue weighted by molar-refractivity contribution is -0.127. The molecule has 0 spiro atoms. The number of ether oxygens (including phenoxy) is 2. The van der Waals surface area contributed by atoms with Crippen molar-refractivity contribution in [2.75, 3.05) is 20.1 Å². The van der Waals surface area contributed by atoms with Gasteiger partial charge in [0.05, 0.1) is 0 Å². The van der Waals surface area contributed by atoms with E-state index in [4.69, 9.17) is 9.47 Å². The highest BCUT2D eigenvalue weighted by molar-refractivity contribution is 5.80. The Hall–Kier alpha value is -2.53. The first-order valence-corrected chi connectivity index (χ1v) is 10.8. The van der Waals surface area contributed by atoms with Crippen LogP contribution in [0.5, 0.6) is 11.5 Å². The van der Waals surface area contributed by atoms with Crippen LogP contribution >= 0.6 is 0 Å². The zero-order chi connectivity index (χ0) is 21.7. The molecule has 3 rings (SSSR count). The van der Waals surface area contributed by atoms with Crippen molar-refractivity contribution in [2.45, 2.75) is 59.3 Å². The van der Waals surface area contributed by atoms with Crippen molar-refractivity contribution >= 4 is 5.91 Å². The molecule has 0 saturated carbocycles. The Morgan fingerprint density at radius 2 is 1.80 bits per heavy atom. The number of hydrogen-bond acceptors (Lipinski definition) is 4. The highest BCUT2D eigenvalue weighted by atomic mass is 16.5. The molecule has 1 saturated heterocycles. The molecule has 5 heteroatoms. The molecule has 0 radical (unpaired) electrons. The summed E-state index contributed by atoms with van der Waals surface area (Å²) >= 11 is 0. The Morgan fingerprint density at radius 3 is 2.47 bits per heavy atom. The molecule has 1 heterocycles. The summed E-state index contributed by atoms with van der Waals surface area (Å²) in [5.74, 6) is 1.53. The third-order valence-corrected chi connectivity index (χ3v) is 5.80. The molecule has 1 aliphatic heterocycles. The predicted octanol–water partition coefficient (Wildman–Crippen LogP) is 4.17. The average molecular weight is 411 g/mol. The van der Waals surface area contributed by atoms with Crippen LogP contribution in [0.2, 0.25) is 0 Å². The van der Waals surface area contributed by atoms with Gasteiger partial charge in [-0.3, -0.25) is 4.79 Å². The maximum Gasteiger partial charge on any atom is 0.261 e. The summed E-state index contributed by atoms with van der Waals surface area (Å²) in [4.78, 5) is 14.8. The van der Waals surface area contributed by atoms with Gasteiger partial charge in [0, 0.05) is 19.6 Å². The Kier molecular flexibility index (Phi) is 7.38. The van der Waals surface area contributed by atoms with Gasteiger partial charge in [-0.15, -0.1) is 0 Å². The van der Waals surface area contributed by atoms with Crippen LogP contribution in [-0.4, -0.2) is 43.2 Å². The van der Waals surface area contributed by atoms with E-state index in [1.165, 1.54) is 5.56 Å². The quantitative estimate of drug-likeness (QED) is 0.744. The highest BCUT2D eigenvalue weighted by Crippen LogP contribution is 2.24. The first kappa shape index (κ1) is 22.2. The van der Waals surface area contributed by atoms with Crippen molar-refractivity contribution in [3.63, 3.8) is 0 Å². The summed E-state index contributed by atoms with van der Waals surface area (Å²) in [7, 11) is 2.15. The van der Waals surface area contributed by atoms with Crippen LogP contribution in [0.4, 0.5) is 0 Å². The van der Waals surface area contributed by atoms with E-state index >= 15 is 0 Å². The number of likely N-dealkylation sites (tertiary alicyclic amines) is 1. The summed E-state index contributed by atoms with van der Waals surface area (Å²) < 4.78 is 12.0. The number of nitrogens with one attached hydrogen (secondary N) is 1. The summed E-state index contributed by atoms with van der Waals surface area (Å²) in [6, 6.07) is 12.1. The molecule has 30 heavy (non-hydrogen) atoms. The average Bonchev–Trinajstić information content (AvgIpc) is 2.72. The van der Waals surface area contributed by atoms with E-state index in [9.17, 15) is 4.79 Å². The molecule has 0 bridgehead atoms. The fourth-order valence-corrected chi connectivity index (χ4v) is 3.68. The lowest BCUT2D eigenvalue weighted by Gasteiger charge is -2.29. The van der Waals surface area contributed by atoms with Gasteiger partial charge in [0.1, 0.15) is 17.6 Å². The molecule has 162 valence electrons. The third kappa shape index (κ3) is 5.99. The SMILES string of the molecule is Cc1cc(C)c(C)c(O[C@@H](C)C(=O)NCc2ccc(OC3CCN(C)CC3)cc2)c1. The Labute approximate surface area is 180 Å². The van der Waals surface area contributed by atoms with Gasteiger partial charge in [0.15, 0.2) is 6.10 Å². The minimum atomic E-state index is -0.558. The Balaban J connectivity index is 1.48. The van der Waals surface area contributed by atoms with Crippen LogP contribution in [0.3, 0.4) is 0 Å². The molecule has 0 aliphatic carbocycles. The first-order chi connectivity index (χ1) is 14.3. The van der Waals surface area contributed by atoms with Crippen LogP contribution in [0, 0.1) is 20.8 Å². The van der Waals surface area contributed by atoms with Gasteiger partial charge >= 0.3 is 0 Å². The Bertz CT molecular complexity index is 855. The molecular formula is C25H34N2O3. The number of nitrogens with zero attached hydrogens (tertiary/aromatic N) is 1. The molecule has 1 N–H and O–H groups in total. The van der Waals surface area contributed by atoms with E-state index in [2.05, 4.69) is 30.3 Å². The van der Waals surface area contributed by atoms with Crippen molar-refractivity contribution < 1.29 is 14.3 Å². The lowest BCUT2D eigenvalue weighted by atomic mass is 10.1. The van der Waals surface area contributed by atoms with Crippen molar-refractivity contribution in [3.8, 4) is 11.5 Å². The van der Waals surface area contributed by atoms with Crippen LogP contribution in [-0.2, 0) is 11.3 Å². The van der Waals surface area contributed by atoms with Crippen LogP contribution in [0.15, 0.2) is 36.4 Å². The van der Waals surface area contributed by atoms with E-state index in [1.807, 2.05) is 44.2 Å². The molecule has 1 amide bonds. The maximum atomic E-state index is 12.5. The van der Waals surface area contributed by atoms with Gasteiger partial charge in [-0.05, 0) is 88.0 Å². The standard InChI is InChI=1S/C25H34N2O3/c1-17-14-18(2)19(3)24(15-17)29-20(4)25(28)26-16-21-6-8-22(9-7-21)30-23-10-12-27(5)13-11-23/h6-9,14-15,20,23H,10-13,16H2,1-5H3,(H,26,28)/t20-/m0/s1. The van der Waals surface area contributed by atoms with Crippen LogP contribution in [0.1, 0.15) is 42.0 Å². The number of carbonyl (C=O) groups excluding carboxylic acids is 1. The van der Waals surface area contributed by atoms with Gasteiger partial charge < -0.3 is 19.7 Å². The molecule has 1 fully saturated rings. The van der Waals surface area contributed by atoms with E-state index in [0.717, 1.165) is 54.1 Å². The van der Waals surface area contributed by atoms with Gasteiger partial charge in [0.25, 0.3) is 5.91 Å². The fraction of sp³-hybridized carbons (Fsp3) is 0.480. The third-order valence-electron chi connectivity index (χ3n) is 5.80. The lowest BCUT2D eigenvalue weighted by Crippen LogP contribution is -2.36. The first-order valence-electron chi connectivity index (χ1n) is 10.8. The second kappa shape index (κ2) is 9.98. The highest BCUT2D eigenvalue weighted by Gasteiger charge is 2.18. The predicted molar refractivity (Wildman–Crippen MR) is 120 cm³/mol. The topological polar surface area (TPSA) is 50.8 Å². The number of piperidine rings is 1. The van der Waals surface area contributed by atoms with E-state index in [1.54, 1.807) is 6.92 Å². The number of carbonyl (C=O) groups is 1.